The fourth-order valence-electron chi connectivity index (χ4n) is 2.81. The number of nitrogens with zero attached hydrogens (tertiary/aromatic N) is 2. The van der Waals surface area contributed by atoms with Crippen LogP contribution in [0.25, 0.3) is 5.52 Å². The summed E-state index contributed by atoms with van der Waals surface area (Å²) in [6.45, 7) is 2.65. The summed E-state index contributed by atoms with van der Waals surface area (Å²) >= 11 is 0. The molecular formula is C20H22N4O4. The van der Waals surface area contributed by atoms with Crippen LogP contribution in [0.5, 0.6) is 5.75 Å². The Balaban J connectivity index is 1.94. The molecule has 8 heteroatoms. The predicted octanol–water partition coefficient (Wildman–Crippen LogP) is 2.28. The van der Waals surface area contributed by atoms with E-state index in [2.05, 4.69) is 15.6 Å². The molecule has 0 fully saturated rings. The zero-order valence-corrected chi connectivity index (χ0v) is 16.0. The van der Waals surface area contributed by atoms with Crippen LogP contribution in [0.3, 0.4) is 0 Å². The van der Waals surface area contributed by atoms with Crippen LogP contribution in [0.1, 0.15) is 26.7 Å². The standard InChI is InChI=1S/C20H22N4O4/c1-13-7-8-16(28-3)14(12-13)22-19(25)17-15-6-4-5-10-24(15)18(23-17)20(26)21-9-11-27-2/h4-8,10,12H,9,11H2,1-3H3,(H,21,26)(H,22,25). The Morgan fingerprint density at radius 1 is 1.14 bits per heavy atom. The second-order valence-electron chi connectivity index (χ2n) is 6.15. The van der Waals surface area contributed by atoms with E-state index in [0.717, 1.165) is 5.56 Å². The maximum absolute atomic E-state index is 12.9. The zero-order chi connectivity index (χ0) is 20.1. The molecule has 0 aliphatic heterocycles. The first kappa shape index (κ1) is 19.4. The van der Waals surface area contributed by atoms with Gasteiger partial charge in [-0.25, -0.2) is 4.98 Å². The van der Waals surface area contributed by atoms with E-state index < -0.39 is 5.91 Å². The van der Waals surface area contributed by atoms with Crippen molar-refractivity contribution in [1.29, 1.82) is 0 Å². The summed E-state index contributed by atoms with van der Waals surface area (Å²) in [7, 11) is 3.09. The van der Waals surface area contributed by atoms with E-state index in [4.69, 9.17) is 9.47 Å². The molecule has 0 unspecified atom stereocenters. The molecule has 2 N–H and O–H groups in total. The van der Waals surface area contributed by atoms with Crippen LogP contribution < -0.4 is 15.4 Å². The third-order valence-corrected chi connectivity index (χ3v) is 4.16. The van der Waals surface area contributed by atoms with Crippen molar-refractivity contribution in [3.05, 3.63) is 59.7 Å². The van der Waals surface area contributed by atoms with Crippen LogP contribution in [0.15, 0.2) is 42.6 Å². The normalized spacial score (nSPS) is 10.7. The number of aromatic nitrogens is 2. The number of anilines is 1. The van der Waals surface area contributed by atoms with Gasteiger partial charge in [-0.3, -0.25) is 14.0 Å². The number of carbonyl (C=O) groups excluding carboxylic acids is 2. The summed E-state index contributed by atoms with van der Waals surface area (Å²) in [6, 6.07) is 10.8. The molecular weight excluding hydrogens is 360 g/mol. The quantitative estimate of drug-likeness (QED) is 0.612. The van der Waals surface area contributed by atoms with Crippen LogP contribution in [0.2, 0.25) is 0 Å². The summed E-state index contributed by atoms with van der Waals surface area (Å²) in [5.74, 6) is -0.137. The molecule has 2 aromatic heterocycles. The number of methoxy groups -OCH3 is 2. The molecule has 0 aliphatic rings. The lowest BCUT2D eigenvalue weighted by atomic mass is 10.2. The van der Waals surface area contributed by atoms with Crippen molar-refractivity contribution in [2.45, 2.75) is 6.92 Å². The number of rotatable bonds is 7. The molecule has 146 valence electrons. The molecule has 0 saturated heterocycles. The van der Waals surface area contributed by atoms with Crippen LogP contribution in [0, 0.1) is 6.92 Å². The topological polar surface area (TPSA) is 94.0 Å². The van der Waals surface area contributed by atoms with Crippen LogP contribution in [-0.2, 0) is 4.74 Å². The maximum Gasteiger partial charge on any atom is 0.287 e. The van der Waals surface area contributed by atoms with E-state index in [9.17, 15) is 9.59 Å². The molecule has 2 heterocycles. The van der Waals surface area contributed by atoms with Gasteiger partial charge in [0.2, 0.25) is 5.82 Å². The molecule has 0 atom stereocenters. The SMILES string of the molecule is COCCNC(=O)c1nc(C(=O)Nc2cc(C)ccc2OC)c2ccccn12. The monoisotopic (exact) mass is 382 g/mol. The third kappa shape index (κ3) is 3.96. The number of aryl methyl sites for hydroxylation is 1. The van der Waals surface area contributed by atoms with Crippen LogP contribution >= 0.6 is 0 Å². The minimum absolute atomic E-state index is 0.132. The van der Waals surface area contributed by atoms with Crippen molar-refractivity contribution in [2.75, 3.05) is 32.7 Å². The van der Waals surface area contributed by atoms with Gasteiger partial charge in [0.05, 0.1) is 24.9 Å². The van der Waals surface area contributed by atoms with Crippen molar-refractivity contribution >= 4 is 23.0 Å². The molecule has 0 radical (unpaired) electrons. The van der Waals surface area contributed by atoms with Crippen molar-refractivity contribution in [3.8, 4) is 5.75 Å². The number of fused-ring (bicyclic) bond motifs is 1. The first-order valence-corrected chi connectivity index (χ1v) is 8.75. The highest BCUT2D eigenvalue weighted by Crippen LogP contribution is 2.26. The lowest BCUT2D eigenvalue weighted by Gasteiger charge is -2.10. The van der Waals surface area contributed by atoms with Gasteiger partial charge in [-0.2, -0.15) is 0 Å². The van der Waals surface area contributed by atoms with Gasteiger partial charge in [-0.05, 0) is 36.8 Å². The number of amides is 2. The van der Waals surface area contributed by atoms with Crippen molar-refractivity contribution in [3.63, 3.8) is 0 Å². The van der Waals surface area contributed by atoms with Crippen LogP contribution in [0.4, 0.5) is 5.69 Å². The molecule has 0 saturated carbocycles. The molecule has 8 nitrogen and oxygen atoms in total. The minimum atomic E-state index is -0.427. The average Bonchev–Trinajstić information content (AvgIpc) is 3.08. The van der Waals surface area contributed by atoms with Gasteiger partial charge >= 0.3 is 0 Å². The Morgan fingerprint density at radius 2 is 1.96 bits per heavy atom. The molecule has 0 spiro atoms. The van der Waals surface area contributed by atoms with E-state index >= 15 is 0 Å². The van der Waals surface area contributed by atoms with E-state index in [1.165, 1.54) is 7.11 Å². The Bertz CT molecular complexity index is 1010. The molecule has 2 amide bonds. The first-order chi connectivity index (χ1) is 13.5. The van der Waals surface area contributed by atoms with Gasteiger partial charge < -0.3 is 20.1 Å². The average molecular weight is 382 g/mol. The molecule has 28 heavy (non-hydrogen) atoms. The number of carbonyl (C=O) groups is 2. The van der Waals surface area contributed by atoms with Crippen molar-refractivity contribution in [1.82, 2.24) is 14.7 Å². The van der Waals surface area contributed by atoms with E-state index in [0.29, 0.717) is 30.1 Å². The Hall–Kier alpha value is -3.39. The number of imidazole rings is 1. The van der Waals surface area contributed by atoms with Gasteiger partial charge in [0, 0.05) is 19.9 Å². The molecule has 0 bridgehead atoms. The number of hydrogen-bond donors (Lipinski definition) is 2. The number of ether oxygens (including phenoxy) is 2. The summed E-state index contributed by atoms with van der Waals surface area (Å²) in [5.41, 5.74) is 2.20. The fraction of sp³-hybridized carbons (Fsp3) is 0.250. The largest absolute Gasteiger partial charge is 0.495 e. The van der Waals surface area contributed by atoms with Crippen molar-refractivity contribution < 1.29 is 19.1 Å². The minimum Gasteiger partial charge on any atom is -0.495 e. The smallest absolute Gasteiger partial charge is 0.287 e. The molecule has 3 aromatic rings. The Morgan fingerprint density at radius 3 is 2.71 bits per heavy atom. The molecule has 3 rings (SSSR count). The summed E-state index contributed by atoms with van der Waals surface area (Å²) < 4.78 is 11.8. The Labute approximate surface area is 162 Å². The number of benzene rings is 1. The summed E-state index contributed by atoms with van der Waals surface area (Å²) in [5, 5.41) is 5.54. The third-order valence-electron chi connectivity index (χ3n) is 4.16. The lowest BCUT2D eigenvalue weighted by molar-refractivity contribution is 0.0926. The predicted molar refractivity (Wildman–Crippen MR) is 105 cm³/mol. The van der Waals surface area contributed by atoms with Gasteiger partial charge in [0.15, 0.2) is 5.69 Å². The van der Waals surface area contributed by atoms with Gasteiger partial charge in [-0.15, -0.1) is 0 Å². The number of hydrogen-bond acceptors (Lipinski definition) is 5. The highest BCUT2D eigenvalue weighted by molar-refractivity contribution is 6.09. The Kier molecular flexibility index (Phi) is 5.90. The summed E-state index contributed by atoms with van der Waals surface area (Å²) in [6.07, 6.45) is 1.69. The second kappa shape index (κ2) is 8.53. The maximum atomic E-state index is 12.9. The number of nitrogens with one attached hydrogen (secondary N) is 2. The van der Waals surface area contributed by atoms with Crippen molar-refractivity contribution in [2.24, 2.45) is 0 Å². The van der Waals surface area contributed by atoms with E-state index in [1.54, 1.807) is 42.0 Å². The fourth-order valence-corrected chi connectivity index (χ4v) is 2.81. The highest BCUT2D eigenvalue weighted by atomic mass is 16.5. The lowest BCUT2D eigenvalue weighted by Crippen LogP contribution is -2.28. The van der Waals surface area contributed by atoms with Crippen LogP contribution in [-0.4, -0.2) is 48.6 Å². The molecule has 1 aromatic carbocycles. The van der Waals surface area contributed by atoms with E-state index in [-0.39, 0.29) is 17.4 Å². The highest BCUT2D eigenvalue weighted by Gasteiger charge is 2.22. The van der Waals surface area contributed by atoms with Gasteiger partial charge in [-0.1, -0.05) is 12.1 Å². The van der Waals surface area contributed by atoms with Gasteiger partial charge in [0.25, 0.3) is 11.8 Å². The van der Waals surface area contributed by atoms with Gasteiger partial charge in [0.1, 0.15) is 5.75 Å². The number of pyridine rings is 1. The van der Waals surface area contributed by atoms with E-state index in [1.807, 2.05) is 19.1 Å². The zero-order valence-electron chi connectivity index (χ0n) is 16.0. The summed E-state index contributed by atoms with van der Waals surface area (Å²) in [4.78, 5) is 29.7. The first-order valence-electron chi connectivity index (χ1n) is 8.75. The second-order valence-corrected chi connectivity index (χ2v) is 6.15. The molecule has 0 aliphatic carbocycles.